The van der Waals surface area contributed by atoms with Crippen LogP contribution in [0.2, 0.25) is 0 Å². The monoisotopic (exact) mass is 285 g/mol. The van der Waals surface area contributed by atoms with Crippen molar-refractivity contribution in [1.29, 1.82) is 0 Å². The van der Waals surface area contributed by atoms with Crippen molar-refractivity contribution in [2.75, 3.05) is 5.73 Å². The van der Waals surface area contributed by atoms with Gasteiger partial charge in [0.1, 0.15) is 5.69 Å². The Morgan fingerprint density at radius 1 is 1.33 bits per heavy atom. The SMILES string of the molecule is CCCn1cc(N)cc1C(=O)NC(C)Cc1ccccc1. The second-order valence-corrected chi connectivity index (χ2v) is 5.42. The summed E-state index contributed by atoms with van der Waals surface area (Å²) in [6.45, 7) is 4.89. The van der Waals surface area contributed by atoms with Crippen LogP contribution >= 0.6 is 0 Å². The first kappa shape index (κ1) is 15.2. The molecule has 1 aromatic heterocycles. The Labute approximate surface area is 126 Å². The molecule has 21 heavy (non-hydrogen) atoms. The van der Waals surface area contributed by atoms with Crippen LogP contribution in [-0.4, -0.2) is 16.5 Å². The van der Waals surface area contributed by atoms with Crippen LogP contribution in [0.5, 0.6) is 0 Å². The van der Waals surface area contributed by atoms with Crippen LogP contribution in [0.1, 0.15) is 36.3 Å². The van der Waals surface area contributed by atoms with Gasteiger partial charge in [-0.25, -0.2) is 0 Å². The first-order chi connectivity index (χ1) is 10.1. The summed E-state index contributed by atoms with van der Waals surface area (Å²) in [7, 11) is 0. The average molecular weight is 285 g/mol. The first-order valence-corrected chi connectivity index (χ1v) is 7.40. The second-order valence-electron chi connectivity index (χ2n) is 5.42. The Morgan fingerprint density at radius 2 is 2.05 bits per heavy atom. The van der Waals surface area contributed by atoms with Crippen molar-refractivity contribution in [3.8, 4) is 0 Å². The van der Waals surface area contributed by atoms with Crippen LogP contribution in [0.25, 0.3) is 0 Å². The van der Waals surface area contributed by atoms with Crippen LogP contribution in [0, 0.1) is 0 Å². The summed E-state index contributed by atoms with van der Waals surface area (Å²) in [5.41, 5.74) is 8.28. The summed E-state index contributed by atoms with van der Waals surface area (Å²) in [5.74, 6) is -0.0661. The molecule has 1 heterocycles. The molecule has 0 bridgehead atoms. The molecule has 1 aromatic carbocycles. The molecule has 2 aromatic rings. The topological polar surface area (TPSA) is 60.0 Å². The highest BCUT2D eigenvalue weighted by Gasteiger charge is 2.15. The molecular weight excluding hydrogens is 262 g/mol. The summed E-state index contributed by atoms with van der Waals surface area (Å²) in [4.78, 5) is 12.4. The van der Waals surface area contributed by atoms with Gasteiger partial charge in [0.15, 0.2) is 0 Å². The Morgan fingerprint density at radius 3 is 2.71 bits per heavy atom. The van der Waals surface area contributed by atoms with E-state index >= 15 is 0 Å². The molecule has 0 saturated heterocycles. The summed E-state index contributed by atoms with van der Waals surface area (Å²) < 4.78 is 1.92. The van der Waals surface area contributed by atoms with E-state index in [2.05, 4.69) is 24.4 Å². The van der Waals surface area contributed by atoms with Crippen LogP contribution in [0.15, 0.2) is 42.6 Å². The van der Waals surface area contributed by atoms with E-state index in [0.29, 0.717) is 11.4 Å². The van der Waals surface area contributed by atoms with E-state index in [1.54, 1.807) is 6.07 Å². The number of aromatic nitrogens is 1. The zero-order valence-electron chi connectivity index (χ0n) is 12.7. The minimum atomic E-state index is -0.0661. The van der Waals surface area contributed by atoms with Crippen molar-refractivity contribution >= 4 is 11.6 Å². The van der Waals surface area contributed by atoms with E-state index in [1.807, 2.05) is 35.9 Å². The van der Waals surface area contributed by atoms with Crippen molar-refractivity contribution in [3.63, 3.8) is 0 Å². The van der Waals surface area contributed by atoms with Crippen molar-refractivity contribution in [1.82, 2.24) is 9.88 Å². The maximum atomic E-state index is 12.4. The maximum Gasteiger partial charge on any atom is 0.268 e. The zero-order chi connectivity index (χ0) is 15.2. The van der Waals surface area contributed by atoms with Gasteiger partial charge in [0.2, 0.25) is 0 Å². The van der Waals surface area contributed by atoms with Gasteiger partial charge in [-0.1, -0.05) is 37.3 Å². The van der Waals surface area contributed by atoms with Gasteiger partial charge in [0.05, 0.1) is 5.69 Å². The molecule has 3 N–H and O–H groups in total. The van der Waals surface area contributed by atoms with Crippen LogP contribution < -0.4 is 11.1 Å². The van der Waals surface area contributed by atoms with Gasteiger partial charge in [-0.15, -0.1) is 0 Å². The lowest BCUT2D eigenvalue weighted by molar-refractivity contribution is 0.0930. The lowest BCUT2D eigenvalue weighted by Gasteiger charge is -2.15. The second kappa shape index (κ2) is 6.97. The van der Waals surface area contributed by atoms with E-state index in [1.165, 1.54) is 5.56 Å². The third-order valence-electron chi connectivity index (χ3n) is 3.38. The van der Waals surface area contributed by atoms with Gasteiger partial charge < -0.3 is 15.6 Å². The zero-order valence-corrected chi connectivity index (χ0v) is 12.7. The number of anilines is 1. The van der Waals surface area contributed by atoms with Crippen molar-refractivity contribution in [3.05, 3.63) is 53.9 Å². The summed E-state index contributed by atoms with van der Waals surface area (Å²) in [6.07, 6.45) is 3.60. The lowest BCUT2D eigenvalue weighted by Crippen LogP contribution is -2.35. The van der Waals surface area contributed by atoms with E-state index in [0.717, 1.165) is 19.4 Å². The number of nitrogens with zero attached hydrogens (tertiary/aromatic N) is 1. The molecule has 4 nitrogen and oxygen atoms in total. The van der Waals surface area contributed by atoms with Gasteiger partial charge in [-0.05, 0) is 31.4 Å². The van der Waals surface area contributed by atoms with Gasteiger partial charge in [0.25, 0.3) is 5.91 Å². The summed E-state index contributed by atoms with van der Waals surface area (Å²) in [5, 5.41) is 3.04. The fourth-order valence-corrected chi connectivity index (χ4v) is 2.47. The molecule has 0 saturated carbocycles. The van der Waals surface area contributed by atoms with E-state index < -0.39 is 0 Å². The number of hydrogen-bond acceptors (Lipinski definition) is 2. The minimum absolute atomic E-state index is 0.0661. The number of nitrogens with one attached hydrogen (secondary N) is 1. The lowest BCUT2D eigenvalue weighted by atomic mass is 10.1. The highest BCUT2D eigenvalue weighted by molar-refractivity contribution is 5.94. The summed E-state index contributed by atoms with van der Waals surface area (Å²) >= 11 is 0. The molecule has 0 fully saturated rings. The van der Waals surface area contributed by atoms with Crippen LogP contribution in [0.3, 0.4) is 0 Å². The van der Waals surface area contributed by atoms with Crippen molar-refractivity contribution in [2.45, 2.75) is 39.3 Å². The highest BCUT2D eigenvalue weighted by atomic mass is 16.2. The molecule has 0 aliphatic rings. The minimum Gasteiger partial charge on any atom is -0.397 e. The van der Waals surface area contributed by atoms with E-state index in [4.69, 9.17) is 5.73 Å². The molecule has 0 aliphatic carbocycles. The predicted molar refractivity (Wildman–Crippen MR) is 86.2 cm³/mol. The maximum absolute atomic E-state index is 12.4. The summed E-state index contributed by atoms with van der Waals surface area (Å²) in [6, 6.07) is 12.0. The molecule has 1 atom stereocenters. The average Bonchev–Trinajstić information content (AvgIpc) is 2.81. The molecule has 4 heteroatoms. The Hall–Kier alpha value is -2.23. The standard InChI is InChI=1S/C17H23N3O/c1-3-9-20-12-15(18)11-16(20)17(21)19-13(2)10-14-7-5-4-6-8-14/h4-8,11-13H,3,9-10,18H2,1-2H3,(H,19,21). The number of amides is 1. The van der Waals surface area contributed by atoms with Crippen molar-refractivity contribution in [2.24, 2.45) is 0 Å². The fraction of sp³-hybridized carbons (Fsp3) is 0.353. The smallest absolute Gasteiger partial charge is 0.268 e. The third-order valence-corrected chi connectivity index (χ3v) is 3.38. The molecule has 1 amide bonds. The number of nitrogens with two attached hydrogens (primary N) is 1. The molecule has 0 spiro atoms. The quantitative estimate of drug-likeness (QED) is 0.857. The number of carbonyl (C=O) groups is 1. The van der Waals surface area contributed by atoms with E-state index in [9.17, 15) is 4.79 Å². The largest absolute Gasteiger partial charge is 0.397 e. The molecule has 1 unspecified atom stereocenters. The highest BCUT2D eigenvalue weighted by Crippen LogP contribution is 2.12. The van der Waals surface area contributed by atoms with Gasteiger partial charge in [-0.3, -0.25) is 4.79 Å². The molecular formula is C17H23N3O. The number of benzene rings is 1. The number of rotatable bonds is 6. The van der Waals surface area contributed by atoms with Crippen LogP contribution in [-0.2, 0) is 13.0 Å². The van der Waals surface area contributed by atoms with E-state index in [-0.39, 0.29) is 11.9 Å². The first-order valence-electron chi connectivity index (χ1n) is 7.40. The van der Waals surface area contributed by atoms with Crippen molar-refractivity contribution < 1.29 is 4.79 Å². The third kappa shape index (κ3) is 4.12. The van der Waals surface area contributed by atoms with Crippen LogP contribution in [0.4, 0.5) is 5.69 Å². The molecule has 0 aliphatic heterocycles. The predicted octanol–water partition coefficient (Wildman–Crippen LogP) is 2.84. The van der Waals surface area contributed by atoms with Gasteiger partial charge >= 0.3 is 0 Å². The Bertz CT molecular complexity index is 589. The Balaban J connectivity index is 2.00. The normalized spacial score (nSPS) is 12.1. The fourth-order valence-electron chi connectivity index (χ4n) is 2.47. The number of aryl methyl sites for hydroxylation is 1. The Kier molecular flexibility index (Phi) is 5.04. The number of nitrogen functional groups attached to an aromatic ring is 1. The molecule has 112 valence electrons. The molecule has 2 rings (SSSR count). The van der Waals surface area contributed by atoms with Gasteiger partial charge in [0, 0.05) is 18.8 Å². The number of hydrogen-bond donors (Lipinski definition) is 2. The van der Waals surface area contributed by atoms with Gasteiger partial charge in [-0.2, -0.15) is 0 Å². The number of carbonyl (C=O) groups excluding carboxylic acids is 1. The molecule has 0 radical (unpaired) electrons.